The molecule has 1 aliphatic carbocycles. The number of ether oxygens (including phenoxy) is 1. The molecule has 1 aromatic rings. The van der Waals surface area contributed by atoms with Gasteiger partial charge in [0.1, 0.15) is 5.75 Å². The highest BCUT2D eigenvalue weighted by molar-refractivity contribution is 6.35. The summed E-state index contributed by atoms with van der Waals surface area (Å²) in [5, 5.41) is 12.1. The second-order valence-corrected chi connectivity index (χ2v) is 7.59. The molecule has 4 rings (SSSR count). The fourth-order valence-electron chi connectivity index (χ4n) is 4.54. The second-order valence-electron chi connectivity index (χ2n) is 6.74. The van der Waals surface area contributed by atoms with Gasteiger partial charge in [-0.25, -0.2) is 0 Å². The Morgan fingerprint density at radius 3 is 2.68 bits per heavy atom. The lowest BCUT2D eigenvalue weighted by Gasteiger charge is -2.54. The Morgan fingerprint density at radius 2 is 1.91 bits per heavy atom. The van der Waals surface area contributed by atoms with Gasteiger partial charge in [0.15, 0.2) is 5.72 Å². The van der Waals surface area contributed by atoms with Crippen LogP contribution in [0.15, 0.2) is 12.1 Å². The highest BCUT2D eigenvalue weighted by Crippen LogP contribution is 2.54. The van der Waals surface area contributed by atoms with Gasteiger partial charge in [0, 0.05) is 36.0 Å². The average Bonchev–Trinajstić information content (AvgIpc) is 3.04. The van der Waals surface area contributed by atoms with Crippen LogP contribution >= 0.6 is 23.2 Å². The van der Waals surface area contributed by atoms with Crippen LogP contribution in [0.25, 0.3) is 0 Å². The van der Waals surface area contributed by atoms with Crippen molar-refractivity contribution < 1.29 is 9.84 Å². The van der Waals surface area contributed by atoms with Gasteiger partial charge in [-0.1, -0.05) is 29.6 Å². The maximum absolute atomic E-state index is 11.0. The van der Waals surface area contributed by atoms with Gasteiger partial charge in [0.2, 0.25) is 0 Å². The van der Waals surface area contributed by atoms with E-state index in [2.05, 4.69) is 4.90 Å². The van der Waals surface area contributed by atoms with E-state index in [1.807, 2.05) is 0 Å². The van der Waals surface area contributed by atoms with Gasteiger partial charge in [-0.2, -0.15) is 0 Å². The minimum Gasteiger partial charge on any atom is -0.470 e. The Bertz CT molecular complexity index is 588. The summed E-state index contributed by atoms with van der Waals surface area (Å²) < 4.78 is 6.54. The predicted octanol–water partition coefficient (Wildman–Crippen LogP) is 4.40. The highest BCUT2D eigenvalue weighted by atomic mass is 35.5. The lowest BCUT2D eigenvalue weighted by Crippen LogP contribution is -2.61. The Balaban J connectivity index is 1.83. The van der Waals surface area contributed by atoms with Gasteiger partial charge < -0.3 is 9.84 Å². The summed E-state index contributed by atoms with van der Waals surface area (Å²) in [4.78, 5) is 2.44. The normalized spacial score (nSPS) is 34.9. The fraction of sp³-hybridized carbons (Fsp3) is 0.647. The van der Waals surface area contributed by atoms with Crippen molar-refractivity contribution in [2.45, 2.75) is 50.4 Å². The minimum atomic E-state index is -0.555. The van der Waals surface area contributed by atoms with Crippen molar-refractivity contribution in [2.24, 2.45) is 5.92 Å². The summed E-state index contributed by atoms with van der Waals surface area (Å²) in [6.45, 7) is 2.09. The first kappa shape index (κ1) is 15.1. The average molecular weight is 342 g/mol. The Labute approximate surface area is 141 Å². The number of fused-ring (bicyclic) bond motifs is 2. The van der Waals surface area contributed by atoms with Crippen molar-refractivity contribution in [3.8, 4) is 5.75 Å². The van der Waals surface area contributed by atoms with Gasteiger partial charge in [-0.15, -0.1) is 0 Å². The van der Waals surface area contributed by atoms with Crippen LogP contribution in [0.5, 0.6) is 5.75 Å². The summed E-state index contributed by atoms with van der Waals surface area (Å²) >= 11 is 12.5. The SMILES string of the molecule is O[C@H]1c2cc(Cl)cc(Cl)c2O[C@@]2(N3CCCC3)CCCC[C@H]12. The number of rotatable bonds is 1. The summed E-state index contributed by atoms with van der Waals surface area (Å²) in [6.07, 6.45) is 6.09. The molecule has 2 heterocycles. The lowest BCUT2D eigenvalue weighted by molar-refractivity contribution is -0.184. The van der Waals surface area contributed by atoms with Crippen LogP contribution in [0.3, 0.4) is 0 Å². The third kappa shape index (κ3) is 2.17. The number of likely N-dealkylation sites (tertiary alicyclic amines) is 1. The molecule has 0 spiro atoms. The third-order valence-corrected chi connectivity index (χ3v) is 6.04. The molecular weight excluding hydrogens is 321 g/mol. The number of nitrogens with zero attached hydrogens (tertiary/aromatic N) is 1. The molecule has 0 aromatic heterocycles. The molecule has 2 fully saturated rings. The number of hydrogen-bond acceptors (Lipinski definition) is 3. The summed E-state index contributed by atoms with van der Waals surface area (Å²) in [6, 6.07) is 3.51. The summed E-state index contributed by atoms with van der Waals surface area (Å²) in [5.41, 5.74) is 0.359. The molecule has 0 unspecified atom stereocenters. The van der Waals surface area contributed by atoms with Gasteiger partial charge in [-0.05, 0) is 37.8 Å². The monoisotopic (exact) mass is 341 g/mol. The molecule has 22 heavy (non-hydrogen) atoms. The molecule has 1 N–H and O–H groups in total. The molecule has 120 valence electrons. The molecule has 3 aliphatic rings. The smallest absolute Gasteiger partial charge is 0.169 e. The van der Waals surface area contributed by atoms with Crippen molar-refractivity contribution in [2.75, 3.05) is 13.1 Å². The van der Waals surface area contributed by atoms with E-state index in [9.17, 15) is 5.11 Å². The second kappa shape index (κ2) is 5.55. The maximum atomic E-state index is 11.0. The van der Waals surface area contributed by atoms with E-state index in [-0.39, 0.29) is 5.92 Å². The Kier molecular flexibility index (Phi) is 3.80. The van der Waals surface area contributed by atoms with E-state index < -0.39 is 11.8 Å². The van der Waals surface area contributed by atoms with Crippen LogP contribution in [-0.2, 0) is 0 Å². The van der Waals surface area contributed by atoms with Crippen molar-refractivity contribution in [1.29, 1.82) is 0 Å². The lowest BCUT2D eigenvalue weighted by atomic mass is 9.73. The van der Waals surface area contributed by atoms with E-state index in [4.69, 9.17) is 27.9 Å². The van der Waals surface area contributed by atoms with E-state index in [0.717, 1.165) is 44.3 Å². The molecule has 0 amide bonds. The molecule has 1 saturated heterocycles. The predicted molar refractivity (Wildman–Crippen MR) is 87.5 cm³/mol. The maximum Gasteiger partial charge on any atom is 0.169 e. The zero-order chi connectivity index (χ0) is 15.3. The van der Waals surface area contributed by atoms with Crippen LogP contribution in [0, 0.1) is 5.92 Å². The van der Waals surface area contributed by atoms with Crippen LogP contribution in [0.2, 0.25) is 10.0 Å². The number of benzene rings is 1. The standard InChI is InChI=1S/C17H21Cl2NO2/c18-11-9-12-15(21)13-5-1-2-6-17(13,20-7-3-4-8-20)22-16(12)14(19)10-11/h9-10,13,15,21H,1-8H2/t13-,15+,17+/m1/s1. The first-order chi connectivity index (χ1) is 10.6. The van der Waals surface area contributed by atoms with Crippen LogP contribution in [0.4, 0.5) is 0 Å². The molecule has 5 heteroatoms. The van der Waals surface area contributed by atoms with E-state index in [1.165, 1.54) is 12.8 Å². The molecule has 3 atom stereocenters. The van der Waals surface area contributed by atoms with Gasteiger partial charge in [0.05, 0.1) is 11.1 Å². The Morgan fingerprint density at radius 1 is 1.14 bits per heavy atom. The molecule has 3 nitrogen and oxygen atoms in total. The zero-order valence-electron chi connectivity index (χ0n) is 12.5. The van der Waals surface area contributed by atoms with Crippen molar-refractivity contribution in [3.05, 3.63) is 27.7 Å². The number of halogens is 2. The van der Waals surface area contributed by atoms with E-state index >= 15 is 0 Å². The first-order valence-corrected chi connectivity index (χ1v) is 8.98. The molecule has 0 radical (unpaired) electrons. The fourth-order valence-corrected chi connectivity index (χ4v) is 5.09. The number of aliphatic hydroxyl groups excluding tert-OH is 1. The molecular formula is C17H21Cl2NO2. The van der Waals surface area contributed by atoms with Gasteiger partial charge in [0.25, 0.3) is 0 Å². The van der Waals surface area contributed by atoms with E-state index in [0.29, 0.717) is 15.8 Å². The number of aliphatic hydroxyl groups is 1. The van der Waals surface area contributed by atoms with Crippen molar-refractivity contribution >= 4 is 23.2 Å². The van der Waals surface area contributed by atoms with Crippen molar-refractivity contribution in [1.82, 2.24) is 4.90 Å². The van der Waals surface area contributed by atoms with Crippen molar-refractivity contribution in [3.63, 3.8) is 0 Å². The van der Waals surface area contributed by atoms with Gasteiger partial charge in [-0.3, -0.25) is 4.90 Å². The third-order valence-electron chi connectivity index (χ3n) is 5.54. The van der Waals surface area contributed by atoms with Crippen LogP contribution in [-0.4, -0.2) is 28.8 Å². The minimum absolute atomic E-state index is 0.0985. The molecule has 1 aromatic carbocycles. The molecule has 1 saturated carbocycles. The topological polar surface area (TPSA) is 32.7 Å². The quantitative estimate of drug-likeness (QED) is 0.821. The number of hydrogen-bond donors (Lipinski definition) is 1. The largest absolute Gasteiger partial charge is 0.470 e. The van der Waals surface area contributed by atoms with E-state index in [1.54, 1.807) is 12.1 Å². The van der Waals surface area contributed by atoms with Gasteiger partial charge >= 0.3 is 0 Å². The molecule has 2 aliphatic heterocycles. The summed E-state index contributed by atoms with van der Waals surface area (Å²) in [7, 11) is 0. The molecule has 0 bridgehead atoms. The van der Waals surface area contributed by atoms with Crippen LogP contribution < -0.4 is 4.74 Å². The highest BCUT2D eigenvalue weighted by Gasteiger charge is 2.55. The van der Waals surface area contributed by atoms with Crippen LogP contribution in [0.1, 0.15) is 50.2 Å². The summed E-state index contributed by atoms with van der Waals surface area (Å²) in [5.74, 6) is 0.727. The Hall–Kier alpha value is -0.480. The first-order valence-electron chi connectivity index (χ1n) is 8.23. The zero-order valence-corrected chi connectivity index (χ0v) is 14.0.